The van der Waals surface area contributed by atoms with Gasteiger partial charge in [-0.3, -0.25) is 9.78 Å². The third-order valence-corrected chi connectivity index (χ3v) is 2.14. The van der Waals surface area contributed by atoms with Crippen LogP contribution >= 0.6 is 0 Å². The number of hydrogen-bond acceptors (Lipinski definition) is 4. The van der Waals surface area contributed by atoms with Crippen LogP contribution in [0.5, 0.6) is 0 Å². The molecule has 0 bridgehead atoms. The van der Waals surface area contributed by atoms with Crippen molar-refractivity contribution < 1.29 is 9.90 Å². The van der Waals surface area contributed by atoms with E-state index in [4.69, 9.17) is 10.8 Å². The summed E-state index contributed by atoms with van der Waals surface area (Å²) < 4.78 is 0. The van der Waals surface area contributed by atoms with Gasteiger partial charge in [0.1, 0.15) is 11.6 Å². The van der Waals surface area contributed by atoms with Gasteiger partial charge in [0.05, 0.1) is 0 Å². The van der Waals surface area contributed by atoms with Gasteiger partial charge in [0.15, 0.2) is 5.65 Å². The molecule has 4 N–H and O–H groups in total. The highest BCUT2D eigenvalue weighted by atomic mass is 16.4. The van der Waals surface area contributed by atoms with Crippen LogP contribution in [0.15, 0.2) is 18.6 Å². The molecular formula is C9H10N4O2. The van der Waals surface area contributed by atoms with E-state index in [0.717, 1.165) is 5.56 Å². The number of carbonyl (C=O) groups is 1. The van der Waals surface area contributed by atoms with Gasteiger partial charge in [0.25, 0.3) is 0 Å². The Kier molecular flexibility index (Phi) is 2.34. The zero-order chi connectivity index (χ0) is 10.8. The minimum absolute atomic E-state index is 0.244. The van der Waals surface area contributed by atoms with Crippen molar-refractivity contribution in [2.75, 3.05) is 0 Å². The van der Waals surface area contributed by atoms with Crippen LogP contribution in [0.3, 0.4) is 0 Å². The summed E-state index contributed by atoms with van der Waals surface area (Å²) >= 11 is 0. The molecule has 0 aliphatic rings. The van der Waals surface area contributed by atoms with Gasteiger partial charge in [-0.2, -0.15) is 0 Å². The number of nitrogens with one attached hydrogen (secondary N) is 1. The van der Waals surface area contributed by atoms with Gasteiger partial charge in [-0.05, 0) is 5.56 Å². The topological polar surface area (TPSA) is 105 Å². The minimum atomic E-state index is -1.02. The average molecular weight is 206 g/mol. The van der Waals surface area contributed by atoms with Crippen LogP contribution in [-0.2, 0) is 11.2 Å². The SMILES string of the molecule is N[C@@H](Cc1c[nH]c2nccnc12)C(=O)O. The van der Waals surface area contributed by atoms with Gasteiger partial charge in [0.2, 0.25) is 0 Å². The number of hydrogen-bond donors (Lipinski definition) is 3. The molecule has 0 saturated heterocycles. The Morgan fingerprint density at radius 2 is 2.27 bits per heavy atom. The highest BCUT2D eigenvalue weighted by Crippen LogP contribution is 2.14. The number of carboxylic acids is 1. The van der Waals surface area contributed by atoms with Crippen molar-refractivity contribution in [2.24, 2.45) is 5.73 Å². The Hall–Kier alpha value is -1.95. The molecule has 1 atom stereocenters. The third kappa shape index (κ3) is 1.79. The highest BCUT2D eigenvalue weighted by molar-refractivity contribution is 5.78. The van der Waals surface area contributed by atoms with Gasteiger partial charge in [-0.1, -0.05) is 0 Å². The summed E-state index contributed by atoms with van der Waals surface area (Å²) in [5.74, 6) is -1.02. The summed E-state index contributed by atoms with van der Waals surface area (Å²) in [6, 6.07) is -0.911. The number of aromatic nitrogens is 3. The lowest BCUT2D eigenvalue weighted by atomic mass is 10.1. The maximum absolute atomic E-state index is 10.6. The molecule has 0 fully saturated rings. The molecule has 0 aliphatic heterocycles. The molecule has 0 aliphatic carbocycles. The summed E-state index contributed by atoms with van der Waals surface area (Å²) in [4.78, 5) is 21.7. The van der Waals surface area contributed by atoms with Crippen molar-refractivity contribution >= 4 is 17.1 Å². The first-order valence-electron chi connectivity index (χ1n) is 4.44. The van der Waals surface area contributed by atoms with Crippen LogP contribution in [-0.4, -0.2) is 32.1 Å². The fourth-order valence-corrected chi connectivity index (χ4v) is 1.38. The third-order valence-electron chi connectivity index (χ3n) is 2.14. The molecule has 0 unspecified atom stereocenters. The number of aliphatic carboxylic acids is 1. The number of rotatable bonds is 3. The van der Waals surface area contributed by atoms with Crippen LogP contribution in [0.1, 0.15) is 5.56 Å². The van der Waals surface area contributed by atoms with Crippen molar-refractivity contribution in [3.05, 3.63) is 24.2 Å². The number of aromatic amines is 1. The molecule has 0 amide bonds. The van der Waals surface area contributed by atoms with E-state index in [-0.39, 0.29) is 6.42 Å². The van der Waals surface area contributed by atoms with Crippen LogP contribution in [0.4, 0.5) is 0 Å². The van der Waals surface area contributed by atoms with E-state index in [1.165, 1.54) is 0 Å². The molecule has 2 aromatic heterocycles. The number of fused-ring (bicyclic) bond motifs is 1. The van der Waals surface area contributed by atoms with E-state index in [2.05, 4.69) is 15.0 Å². The first-order chi connectivity index (χ1) is 7.18. The van der Waals surface area contributed by atoms with Gasteiger partial charge in [-0.25, -0.2) is 4.98 Å². The fourth-order valence-electron chi connectivity index (χ4n) is 1.38. The Morgan fingerprint density at radius 1 is 1.53 bits per heavy atom. The molecule has 6 nitrogen and oxygen atoms in total. The fraction of sp³-hybridized carbons (Fsp3) is 0.222. The van der Waals surface area contributed by atoms with Crippen molar-refractivity contribution in [3.8, 4) is 0 Å². The summed E-state index contributed by atoms with van der Waals surface area (Å²) in [5.41, 5.74) is 7.53. The maximum atomic E-state index is 10.6. The van der Waals surface area contributed by atoms with Crippen LogP contribution in [0.25, 0.3) is 11.2 Å². The van der Waals surface area contributed by atoms with Gasteiger partial charge < -0.3 is 15.8 Å². The highest BCUT2D eigenvalue weighted by Gasteiger charge is 2.15. The lowest BCUT2D eigenvalue weighted by molar-refractivity contribution is -0.138. The summed E-state index contributed by atoms with van der Waals surface area (Å²) in [6.07, 6.45) is 5.06. The Bertz CT molecular complexity index is 494. The Morgan fingerprint density at radius 3 is 3.00 bits per heavy atom. The predicted octanol–water partition coefficient (Wildman–Crippen LogP) is -0.0877. The zero-order valence-corrected chi connectivity index (χ0v) is 7.84. The van der Waals surface area contributed by atoms with Gasteiger partial charge in [0, 0.05) is 25.0 Å². The molecule has 2 rings (SSSR count). The minimum Gasteiger partial charge on any atom is -0.480 e. The summed E-state index contributed by atoms with van der Waals surface area (Å²) in [5, 5.41) is 8.68. The van der Waals surface area contributed by atoms with E-state index in [0.29, 0.717) is 11.2 Å². The average Bonchev–Trinajstić information content (AvgIpc) is 2.62. The first kappa shape index (κ1) is 9.60. The second kappa shape index (κ2) is 3.66. The van der Waals surface area contributed by atoms with Crippen molar-refractivity contribution in [2.45, 2.75) is 12.5 Å². The predicted molar refractivity (Wildman–Crippen MR) is 53.2 cm³/mol. The van der Waals surface area contributed by atoms with E-state index in [1.807, 2.05) is 0 Å². The number of H-pyrrole nitrogens is 1. The van der Waals surface area contributed by atoms with E-state index >= 15 is 0 Å². The lowest BCUT2D eigenvalue weighted by Crippen LogP contribution is -2.32. The smallest absolute Gasteiger partial charge is 0.320 e. The van der Waals surface area contributed by atoms with Crippen LogP contribution in [0.2, 0.25) is 0 Å². The van der Waals surface area contributed by atoms with Crippen molar-refractivity contribution in [1.29, 1.82) is 0 Å². The Balaban J connectivity index is 2.32. The molecule has 2 heterocycles. The molecular weight excluding hydrogens is 196 g/mol. The first-order valence-corrected chi connectivity index (χ1v) is 4.44. The van der Waals surface area contributed by atoms with Crippen molar-refractivity contribution in [3.63, 3.8) is 0 Å². The van der Waals surface area contributed by atoms with Gasteiger partial charge >= 0.3 is 5.97 Å². The van der Waals surface area contributed by atoms with Gasteiger partial charge in [-0.15, -0.1) is 0 Å². The van der Waals surface area contributed by atoms with Crippen LogP contribution < -0.4 is 5.73 Å². The summed E-state index contributed by atoms with van der Waals surface area (Å²) in [7, 11) is 0. The molecule has 0 aromatic carbocycles. The zero-order valence-electron chi connectivity index (χ0n) is 7.84. The molecule has 15 heavy (non-hydrogen) atoms. The standard InChI is InChI=1S/C9H10N4O2/c10-6(9(14)15)3-5-4-13-8-7(5)11-1-2-12-8/h1-2,4,6H,3,10H2,(H,12,13)(H,14,15)/t6-/m0/s1. The largest absolute Gasteiger partial charge is 0.480 e. The van der Waals surface area contributed by atoms with Crippen LogP contribution in [0, 0.1) is 0 Å². The molecule has 78 valence electrons. The monoisotopic (exact) mass is 206 g/mol. The normalized spacial score (nSPS) is 12.9. The van der Waals surface area contributed by atoms with Crippen molar-refractivity contribution in [1.82, 2.24) is 15.0 Å². The quantitative estimate of drug-likeness (QED) is 0.651. The molecule has 0 spiro atoms. The number of nitrogens with zero attached hydrogens (tertiary/aromatic N) is 2. The number of carboxylic acid groups (broad SMARTS) is 1. The maximum Gasteiger partial charge on any atom is 0.320 e. The Labute approximate surface area is 85.2 Å². The number of nitrogens with two attached hydrogens (primary N) is 1. The molecule has 2 aromatic rings. The molecule has 6 heteroatoms. The lowest BCUT2D eigenvalue weighted by Gasteiger charge is -2.03. The van der Waals surface area contributed by atoms with E-state index in [1.54, 1.807) is 18.6 Å². The van der Waals surface area contributed by atoms with E-state index < -0.39 is 12.0 Å². The summed E-state index contributed by atoms with van der Waals surface area (Å²) in [6.45, 7) is 0. The molecule has 0 radical (unpaired) electrons. The molecule has 0 saturated carbocycles. The second-order valence-corrected chi connectivity index (χ2v) is 3.22. The second-order valence-electron chi connectivity index (χ2n) is 3.22. The van der Waals surface area contributed by atoms with E-state index in [9.17, 15) is 4.79 Å².